The summed E-state index contributed by atoms with van der Waals surface area (Å²) in [4.78, 5) is 48.9. The van der Waals surface area contributed by atoms with Crippen molar-refractivity contribution in [3.05, 3.63) is 101 Å². The van der Waals surface area contributed by atoms with Gasteiger partial charge in [-0.3, -0.25) is 19.2 Å². The lowest BCUT2D eigenvalue weighted by Crippen LogP contribution is -2.48. The SMILES string of the molecule is CC(NC(=O)[C@H](Cc1ccc(C(=O)c2ccccc2)cc1)NC(=O)CCC(=O)O)c1ccc(O)cc1. The number of carboxylic acid groups (broad SMARTS) is 1. The van der Waals surface area contributed by atoms with Gasteiger partial charge in [0.2, 0.25) is 11.8 Å². The minimum atomic E-state index is -1.11. The third-order valence-electron chi connectivity index (χ3n) is 5.66. The Balaban J connectivity index is 1.73. The Kier molecular flexibility index (Phi) is 8.94. The first kappa shape index (κ1) is 26.2. The van der Waals surface area contributed by atoms with Crippen molar-refractivity contribution in [2.45, 2.75) is 38.3 Å². The lowest BCUT2D eigenvalue weighted by molar-refractivity contribution is -0.139. The molecule has 0 aliphatic heterocycles. The van der Waals surface area contributed by atoms with Crippen LogP contribution < -0.4 is 10.6 Å². The second-order valence-electron chi connectivity index (χ2n) is 8.43. The van der Waals surface area contributed by atoms with E-state index in [1.807, 2.05) is 6.07 Å². The molecule has 3 aromatic rings. The molecule has 0 bridgehead atoms. The number of carbonyl (C=O) groups excluding carboxylic acids is 3. The maximum absolute atomic E-state index is 13.1. The fraction of sp³-hybridized carbons (Fsp3) is 0.214. The Bertz CT molecular complexity index is 1210. The zero-order valence-corrected chi connectivity index (χ0v) is 19.8. The van der Waals surface area contributed by atoms with E-state index in [2.05, 4.69) is 10.6 Å². The third kappa shape index (κ3) is 7.53. The summed E-state index contributed by atoms with van der Waals surface area (Å²) in [7, 11) is 0. The fourth-order valence-electron chi connectivity index (χ4n) is 3.64. The van der Waals surface area contributed by atoms with Crippen molar-refractivity contribution in [3.63, 3.8) is 0 Å². The van der Waals surface area contributed by atoms with Gasteiger partial charge < -0.3 is 20.8 Å². The molecule has 0 spiro atoms. The molecule has 0 radical (unpaired) electrons. The summed E-state index contributed by atoms with van der Waals surface area (Å²) in [6.45, 7) is 1.78. The van der Waals surface area contributed by atoms with Crippen LogP contribution in [0.4, 0.5) is 0 Å². The second kappa shape index (κ2) is 12.3. The Morgan fingerprint density at radius 2 is 1.39 bits per heavy atom. The van der Waals surface area contributed by atoms with Gasteiger partial charge in [-0.15, -0.1) is 0 Å². The fourth-order valence-corrected chi connectivity index (χ4v) is 3.64. The van der Waals surface area contributed by atoms with Crippen LogP contribution in [0.5, 0.6) is 5.75 Å². The number of phenolic OH excluding ortho intramolecular Hbond substituents is 1. The molecule has 0 saturated carbocycles. The van der Waals surface area contributed by atoms with E-state index in [1.54, 1.807) is 67.6 Å². The van der Waals surface area contributed by atoms with Crippen molar-refractivity contribution >= 4 is 23.6 Å². The zero-order valence-electron chi connectivity index (χ0n) is 19.8. The van der Waals surface area contributed by atoms with Gasteiger partial charge in [-0.25, -0.2) is 0 Å². The van der Waals surface area contributed by atoms with Crippen LogP contribution in [0.2, 0.25) is 0 Å². The minimum absolute atomic E-state index is 0.107. The number of aliphatic carboxylic acids is 1. The quantitative estimate of drug-likeness (QED) is 0.306. The van der Waals surface area contributed by atoms with Crippen molar-refractivity contribution in [2.24, 2.45) is 0 Å². The Labute approximate surface area is 209 Å². The number of phenols is 1. The standard InChI is InChI=1S/C28H28N2O6/c1-18(20-11-13-23(31)14-12-20)29-28(36)24(30-25(32)15-16-26(33)34)17-19-7-9-22(10-8-19)27(35)21-5-3-2-4-6-21/h2-14,18,24,31H,15-17H2,1H3,(H,29,36)(H,30,32)(H,33,34)/t18?,24-/m0/s1. The van der Waals surface area contributed by atoms with E-state index in [1.165, 1.54) is 12.1 Å². The average molecular weight is 489 g/mol. The van der Waals surface area contributed by atoms with Gasteiger partial charge >= 0.3 is 5.97 Å². The van der Waals surface area contributed by atoms with E-state index in [9.17, 15) is 24.3 Å². The van der Waals surface area contributed by atoms with E-state index < -0.39 is 29.9 Å². The van der Waals surface area contributed by atoms with E-state index in [0.717, 1.165) is 11.1 Å². The molecule has 0 saturated heterocycles. The molecule has 0 heterocycles. The van der Waals surface area contributed by atoms with Crippen LogP contribution in [-0.2, 0) is 20.8 Å². The Morgan fingerprint density at radius 1 is 0.778 bits per heavy atom. The first-order chi connectivity index (χ1) is 17.2. The molecule has 8 heteroatoms. The molecule has 186 valence electrons. The highest BCUT2D eigenvalue weighted by molar-refractivity contribution is 6.08. The first-order valence-electron chi connectivity index (χ1n) is 11.5. The monoisotopic (exact) mass is 488 g/mol. The van der Waals surface area contributed by atoms with Crippen molar-refractivity contribution in [1.82, 2.24) is 10.6 Å². The lowest BCUT2D eigenvalue weighted by Gasteiger charge is -2.22. The smallest absolute Gasteiger partial charge is 0.303 e. The van der Waals surface area contributed by atoms with Crippen LogP contribution in [0.3, 0.4) is 0 Å². The molecule has 0 aliphatic carbocycles. The Morgan fingerprint density at radius 3 is 2.00 bits per heavy atom. The minimum Gasteiger partial charge on any atom is -0.508 e. The highest BCUT2D eigenvalue weighted by atomic mass is 16.4. The van der Waals surface area contributed by atoms with Crippen LogP contribution in [0.25, 0.3) is 0 Å². The average Bonchev–Trinajstić information content (AvgIpc) is 2.88. The van der Waals surface area contributed by atoms with E-state index >= 15 is 0 Å². The number of benzene rings is 3. The molecule has 2 amide bonds. The molecule has 0 fully saturated rings. The number of carbonyl (C=O) groups is 4. The number of amides is 2. The number of hydrogen-bond donors (Lipinski definition) is 4. The van der Waals surface area contributed by atoms with E-state index in [-0.39, 0.29) is 30.8 Å². The van der Waals surface area contributed by atoms with Crippen LogP contribution in [0.15, 0.2) is 78.9 Å². The zero-order chi connectivity index (χ0) is 26.1. The molecular weight excluding hydrogens is 460 g/mol. The summed E-state index contributed by atoms with van der Waals surface area (Å²) in [5.41, 5.74) is 2.55. The van der Waals surface area contributed by atoms with Gasteiger partial charge in [0.1, 0.15) is 11.8 Å². The number of ketones is 1. The molecule has 4 N–H and O–H groups in total. The van der Waals surface area contributed by atoms with Crippen LogP contribution in [-0.4, -0.2) is 39.8 Å². The predicted molar refractivity (Wildman–Crippen MR) is 133 cm³/mol. The van der Waals surface area contributed by atoms with Gasteiger partial charge in [0, 0.05) is 24.0 Å². The maximum Gasteiger partial charge on any atom is 0.303 e. The largest absolute Gasteiger partial charge is 0.508 e. The summed E-state index contributed by atoms with van der Waals surface area (Å²) >= 11 is 0. The van der Waals surface area contributed by atoms with Gasteiger partial charge in [-0.1, -0.05) is 66.7 Å². The van der Waals surface area contributed by atoms with Crippen molar-refractivity contribution in [2.75, 3.05) is 0 Å². The molecular formula is C28H28N2O6. The first-order valence-corrected chi connectivity index (χ1v) is 11.5. The van der Waals surface area contributed by atoms with Gasteiger partial charge in [-0.2, -0.15) is 0 Å². The molecule has 8 nitrogen and oxygen atoms in total. The normalized spacial score (nSPS) is 12.2. The van der Waals surface area contributed by atoms with Crippen molar-refractivity contribution < 1.29 is 29.4 Å². The topological polar surface area (TPSA) is 133 Å². The van der Waals surface area contributed by atoms with Gasteiger partial charge in [0.25, 0.3) is 0 Å². The second-order valence-corrected chi connectivity index (χ2v) is 8.43. The summed E-state index contributed by atoms with van der Waals surface area (Å²) in [5.74, 6) is -2.11. The van der Waals surface area contributed by atoms with Crippen LogP contribution in [0.1, 0.15) is 52.9 Å². The summed E-state index contributed by atoms with van der Waals surface area (Å²) in [6, 6.07) is 20.7. The van der Waals surface area contributed by atoms with Gasteiger partial charge in [0.15, 0.2) is 5.78 Å². The third-order valence-corrected chi connectivity index (χ3v) is 5.66. The number of nitrogens with one attached hydrogen (secondary N) is 2. The van der Waals surface area contributed by atoms with Crippen molar-refractivity contribution in [3.8, 4) is 5.75 Å². The molecule has 2 atom stereocenters. The molecule has 3 rings (SSSR count). The summed E-state index contributed by atoms with van der Waals surface area (Å²) in [6.07, 6.45) is -0.454. The summed E-state index contributed by atoms with van der Waals surface area (Å²) in [5, 5.41) is 23.8. The molecule has 3 aromatic carbocycles. The Hall–Kier alpha value is -4.46. The molecule has 0 aromatic heterocycles. The number of hydrogen-bond acceptors (Lipinski definition) is 5. The van der Waals surface area contributed by atoms with Crippen LogP contribution in [0, 0.1) is 0 Å². The van der Waals surface area contributed by atoms with E-state index in [4.69, 9.17) is 5.11 Å². The maximum atomic E-state index is 13.1. The number of rotatable bonds is 11. The highest BCUT2D eigenvalue weighted by Gasteiger charge is 2.23. The lowest BCUT2D eigenvalue weighted by atomic mass is 9.99. The molecule has 36 heavy (non-hydrogen) atoms. The summed E-state index contributed by atoms with van der Waals surface area (Å²) < 4.78 is 0. The highest BCUT2D eigenvalue weighted by Crippen LogP contribution is 2.17. The van der Waals surface area contributed by atoms with Crippen LogP contribution >= 0.6 is 0 Å². The molecule has 0 aliphatic rings. The van der Waals surface area contributed by atoms with Gasteiger partial charge in [-0.05, 0) is 30.2 Å². The van der Waals surface area contributed by atoms with E-state index in [0.29, 0.717) is 11.1 Å². The number of aromatic hydroxyl groups is 1. The van der Waals surface area contributed by atoms with Crippen molar-refractivity contribution in [1.29, 1.82) is 0 Å². The predicted octanol–water partition coefficient (Wildman–Crippen LogP) is 3.39. The number of carboxylic acids is 1. The molecule has 1 unspecified atom stereocenters. The van der Waals surface area contributed by atoms with Gasteiger partial charge in [0.05, 0.1) is 12.5 Å².